The molecule has 0 aliphatic carbocycles. The van der Waals surface area contributed by atoms with E-state index in [0.717, 1.165) is 16.7 Å². The van der Waals surface area contributed by atoms with E-state index in [1.807, 2.05) is 18.2 Å². The van der Waals surface area contributed by atoms with Crippen LogP contribution in [-0.2, 0) is 13.1 Å². The Balaban J connectivity index is 1.64. The standard InChI is InChI=1S/C20H14ClN5O2/c1-2-28-18-8-14(9-23-19(18)21)13-3-4-17-15(7-13)11-26(20(17)27)16-10-24-25(12-16)6-5-22/h2-4,7-10,12H,1,6,11H2. The van der Waals surface area contributed by atoms with Crippen molar-refractivity contribution in [2.75, 3.05) is 4.90 Å². The van der Waals surface area contributed by atoms with Gasteiger partial charge in [0.2, 0.25) is 0 Å². The summed E-state index contributed by atoms with van der Waals surface area (Å²) in [5.74, 6) is 0.320. The van der Waals surface area contributed by atoms with E-state index in [0.29, 0.717) is 23.5 Å². The lowest BCUT2D eigenvalue weighted by atomic mass is 10.0. The third kappa shape index (κ3) is 3.10. The van der Waals surface area contributed by atoms with Crippen LogP contribution in [0.5, 0.6) is 5.75 Å². The molecule has 28 heavy (non-hydrogen) atoms. The molecule has 4 rings (SSSR count). The molecule has 0 N–H and O–H groups in total. The van der Waals surface area contributed by atoms with Crippen LogP contribution >= 0.6 is 11.6 Å². The molecule has 3 heterocycles. The third-order valence-corrected chi connectivity index (χ3v) is 4.71. The van der Waals surface area contributed by atoms with E-state index in [1.165, 1.54) is 10.9 Å². The lowest BCUT2D eigenvalue weighted by Crippen LogP contribution is -2.22. The highest BCUT2D eigenvalue weighted by atomic mass is 35.5. The van der Waals surface area contributed by atoms with Gasteiger partial charge in [0.05, 0.1) is 30.8 Å². The van der Waals surface area contributed by atoms with Gasteiger partial charge in [-0.2, -0.15) is 10.4 Å². The van der Waals surface area contributed by atoms with Crippen LogP contribution in [-0.4, -0.2) is 20.7 Å². The molecule has 0 bridgehead atoms. The number of amides is 1. The van der Waals surface area contributed by atoms with Crippen molar-refractivity contribution >= 4 is 23.2 Å². The van der Waals surface area contributed by atoms with Crippen molar-refractivity contribution in [2.45, 2.75) is 13.1 Å². The van der Waals surface area contributed by atoms with Crippen molar-refractivity contribution in [2.24, 2.45) is 0 Å². The van der Waals surface area contributed by atoms with Gasteiger partial charge in [-0.1, -0.05) is 24.2 Å². The number of carbonyl (C=O) groups is 1. The molecule has 7 nitrogen and oxygen atoms in total. The molecule has 138 valence electrons. The van der Waals surface area contributed by atoms with Gasteiger partial charge in [-0.3, -0.25) is 9.48 Å². The molecule has 1 aliphatic heterocycles. The third-order valence-electron chi connectivity index (χ3n) is 4.42. The van der Waals surface area contributed by atoms with Gasteiger partial charge in [0, 0.05) is 23.5 Å². The van der Waals surface area contributed by atoms with Gasteiger partial charge >= 0.3 is 0 Å². The molecular formula is C20H14ClN5O2. The molecule has 0 atom stereocenters. The first-order valence-electron chi connectivity index (χ1n) is 8.38. The molecule has 0 saturated carbocycles. The molecule has 0 spiro atoms. The normalized spacial score (nSPS) is 12.6. The highest BCUT2D eigenvalue weighted by Gasteiger charge is 2.29. The molecular weight excluding hydrogens is 378 g/mol. The Bertz CT molecular complexity index is 1130. The number of hydrogen-bond donors (Lipinski definition) is 0. The van der Waals surface area contributed by atoms with Crippen molar-refractivity contribution in [1.29, 1.82) is 5.26 Å². The van der Waals surface area contributed by atoms with Crippen molar-refractivity contribution in [1.82, 2.24) is 14.8 Å². The summed E-state index contributed by atoms with van der Waals surface area (Å²) < 4.78 is 6.78. The number of pyridine rings is 1. The fourth-order valence-corrected chi connectivity index (χ4v) is 3.27. The highest BCUT2D eigenvalue weighted by molar-refractivity contribution is 6.30. The number of benzene rings is 1. The van der Waals surface area contributed by atoms with E-state index in [2.05, 4.69) is 16.7 Å². The summed E-state index contributed by atoms with van der Waals surface area (Å²) in [4.78, 5) is 18.5. The average molecular weight is 392 g/mol. The number of halogens is 1. The summed E-state index contributed by atoms with van der Waals surface area (Å²) in [6.07, 6.45) is 6.22. The zero-order valence-electron chi connectivity index (χ0n) is 14.7. The number of fused-ring (bicyclic) bond motifs is 1. The number of carbonyl (C=O) groups excluding carboxylic acids is 1. The fraction of sp³-hybridized carbons (Fsp3) is 0.100. The summed E-state index contributed by atoms with van der Waals surface area (Å²) in [6.45, 7) is 4.09. The van der Waals surface area contributed by atoms with Gasteiger partial charge in [-0.25, -0.2) is 4.98 Å². The van der Waals surface area contributed by atoms with Crippen molar-refractivity contribution in [3.05, 3.63) is 72.0 Å². The lowest BCUT2D eigenvalue weighted by molar-refractivity contribution is 0.0996. The molecule has 2 aromatic heterocycles. The molecule has 0 saturated heterocycles. The summed E-state index contributed by atoms with van der Waals surface area (Å²) in [5, 5.41) is 13.1. The summed E-state index contributed by atoms with van der Waals surface area (Å²) in [6, 6.07) is 9.42. The number of nitrogens with zero attached hydrogens (tertiary/aromatic N) is 5. The fourth-order valence-electron chi connectivity index (χ4n) is 3.12. The van der Waals surface area contributed by atoms with Gasteiger partial charge in [0.1, 0.15) is 6.54 Å². The molecule has 0 radical (unpaired) electrons. The maximum atomic E-state index is 12.8. The molecule has 1 aliphatic rings. The van der Waals surface area contributed by atoms with E-state index in [9.17, 15) is 4.79 Å². The Morgan fingerprint density at radius 1 is 1.32 bits per heavy atom. The van der Waals surface area contributed by atoms with Gasteiger partial charge in [-0.05, 0) is 29.3 Å². The number of anilines is 1. The predicted molar refractivity (Wildman–Crippen MR) is 104 cm³/mol. The van der Waals surface area contributed by atoms with Crippen LogP contribution in [0.4, 0.5) is 5.69 Å². The molecule has 0 fully saturated rings. The van der Waals surface area contributed by atoms with Gasteiger partial charge in [0.15, 0.2) is 10.9 Å². The Morgan fingerprint density at radius 3 is 2.96 bits per heavy atom. The lowest BCUT2D eigenvalue weighted by Gasteiger charge is -2.12. The summed E-state index contributed by atoms with van der Waals surface area (Å²) in [5.41, 5.74) is 3.91. The largest absolute Gasteiger partial charge is 0.462 e. The van der Waals surface area contributed by atoms with Gasteiger partial charge < -0.3 is 9.64 Å². The number of ether oxygens (including phenoxy) is 1. The summed E-state index contributed by atoms with van der Waals surface area (Å²) in [7, 11) is 0. The van der Waals surface area contributed by atoms with Crippen LogP contribution in [0.3, 0.4) is 0 Å². The minimum Gasteiger partial charge on any atom is -0.462 e. The smallest absolute Gasteiger partial charge is 0.259 e. The highest BCUT2D eigenvalue weighted by Crippen LogP contribution is 2.33. The SMILES string of the molecule is C=COc1cc(-c2ccc3c(c2)CN(c2cnn(CC#N)c2)C3=O)cnc1Cl. The first-order chi connectivity index (χ1) is 13.6. The molecule has 1 aromatic carbocycles. The second-order valence-corrected chi connectivity index (χ2v) is 6.47. The van der Waals surface area contributed by atoms with Crippen molar-refractivity contribution in [3.8, 4) is 22.9 Å². The number of hydrogen-bond acceptors (Lipinski definition) is 5. The predicted octanol–water partition coefficient (Wildman–Crippen LogP) is 3.80. The van der Waals surface area contributed by atoms with E-state index in [1.54, 1.807) is 35.6 Å². The minimum atomic E-state index is -0.0945. The number of rotatable bonds is 5. The summed E-state index contributed by atoms with van der Waals surface area (Å²) >= 11 is 6.02. The number of nitriles is 1. The monoisotopic (exact) mass is 391 g/mol. The molecule has 3 aromatic rings. The Kier molecular flexibility index (Phi) is 4.55. The first-order valence-corrected chi connectivity index (χ1v) is 8.76. The zero-order chi connectivity index (χ0) is 19.7. The van der Waals surface area contributed by atoms with Crippen molar-refractivity contribution in [3.63, 3.8) is 0 Å². The van der Waals surface area contributed by atoms with E-state index < -0.39 is 0 Å². The second-order valence-electron chi connectivity index (χ2n) is 6.11. The maximum absolute atomic E-state index is 12.8. The van der Waals surface area contributed by atoms with Gasteiger partial charge in [0.25, 0.3) is 5.91 Å². The van der Waals surface area contributed by atoms with Crippen LogP contribution in [0, 0.1) is 11.3 Å². The Hall–Kier alpha value is -3.63. The van der Waals surface area contributed by atoms with E-state index >= 15 is 0 Å². The van der Waals surface area contributed by atoms with E-state index in [-0.39, 0.29) is 17.6 Å². The van der Waals surface area contributed by atoms with Crippen LogP contribution in [0.25, 0.3) is 11.1 Å². The second kappa shape index (κ2) is 7.18. The van der Waals surface area contributed by atoms with Crippen LogP contribution in [0.2, 0.25) is 5.15 Å². The topological polar surface area (TPSA) is 84.0 Å². The average Bonchev–Trinajstić information content (AvgIpc) is 3.28. The Morgan fingerprint density at radius 2 is 2.18 bits per heavy atom. The van der Waals surface area contributed by atoms with Crippen LogP contribution in [0.15, 0.2) is 55.7 Å². The molecule has 0 unspecified atom stereocenters. The number of aromatic nitrogens is 3. The van der Waals surface area contributed by atoms with E-state index in [4.69, 9.17) is 21.6 Å². The minimum absolute atomic E-state index is 0.0945. The first kappa shape index (κ1) is 17.8. The van der Waals surface area contributed by atoms with Crippen LogP contribution in [0.1, 0.15) is 15.9 Å². The quantitative estimate of drug-likeness (QED) is 0.487. The van der Waals surface area contributed by atoms with Crippen molar-refractivity contribution < 1.29 is 9.53 Å². The Labute approximate surface area is 166 Å². The van der Waals surface area contributed by atoms with Crippen LogP contribution < -0.4 is 9.64 Å². The maximum Gasteiger partial charge on any atom is 0.259 e. The molecule has 1 amide bonds. The molecule has 8 heteroatoms. The van der Waals surface area contributed by atoms with Gasteiger partial charge in [-0.15, -0.1) is 0 Å². The zero-order valence-corrected chi connectivity index (χ0v) is 15.4.